The van der Waals surface area contributed by atoms with Crippen LogP contribution < -0.4 is 0 Å². The minimum atomic E-state index is 0.305. The molecule has 0 amide bonds. The van der Waals surface area contributed by atoms with Crippen molar-refractivity contribution < 1.29 is 5.11 Å². The molecule has 3 rings (SSSR count). The number of phenols is 1. The van der Waals surface area contributed by atoms with Gasteiger partial charge in [-0.15, -0.1) is 0 Å². The van der Waals surface area contributed by atoms with E-state index in [1.54, 1.807) is 12.3 Å². The van der Waals surface area contributed by atoms with Gasteiger partial charge in [-0.2, -0.15) is 0 Å². The first kappa shape index (κ1) is 9.16. The second-order valence-electron chi connectivity index (χ2n) is 4.02. The van der Waals surface area contributed by atoms with Crippen LogP contribution in [-0.2, 0) is 0 Å². The summed E-state index contributed by atoms with van der Waals surface area (Å²) >= 11 is 0. The van der Waals surface area contributed by atoms with Gasteiger partial charge in [-0.3, -0.25) is 4.98 Å². The number of hydrogen-bond acceptors (Lipinski definition) is 2. The number of aryl methyl sites for hydroxylation is 1. The normalized spacial score (nSPS) is 11.1. The molecule has 2 aromatic carbocycles. The molecule has 0 aliphatic rings. The average Bonchev–Trinajstić information content (AvgIpc) is 2.28. The van der Waals surface area contributed by atoms with Crippen LogP contribution in [0.5, 0.6) is 5.75 Å². The summed E-state index contributed by atoms with van der Waals surface area (Å²) in [5.41, 5.74) is 1.91. The van der Waals surface area contributed by atoms with Gasteiger partial charge >= 0.3 is 0 Å². The highest BCUT2D eigenvalue weighted by Crippen LogP contribution is 2.31. The number of hydrogen-bond donors (Lipinski definition) is 1. The number of phenolic OH excluding ortho intramolecular Hbond substituents is 1. The molecule has 0 aliphatic carbocycles. The summed E-state index contributed by atoms with van der Waals surface area (Å²) in [4.78, 5) is 4.34. The van der Waals surface area contributed by atoms with Gasteiger partial charge in [0.25, 0.3) is 0 Å². The Morgan fingerprint density at radius 3 is 2.75 bits per heavy atom. The lowest BCUT2D eigenvalue weighted by Gasteiger charge is -2.06. The topological polar surface area (TPSA) is 33.1 Å². The molecule has 78 valence electrons. The molecule has 0 fully saturated rings. The van der Waals surface area contributed by atoms with Gasteiger partial charge in [-0.25, -0.2) is 0 Å². The van der Waals surface area contributed by atoms with Crippen LogP contribution in [-0.4, -0.2) is 10.1 Å². The zero-order valence-electron chi connectivity index (χ0n) is 8.94. The quantitative estimate of drug-likeness (QED) is 0.575. The van der Waals surface area contributed by atoms with Gasteiger partial charge in [0.15, 0.2) is 0 Å². The number of fused-ring (bicyclic) bond motifs is 3. The van der Waals surface area contributed by atoms with Crippen LogP contribution in [0, 0.1) is 6.92 Å². The van der Waals surface area contributed by atoms with Crippen molar-refractivity contribution in [2.24, 2.45) is 0 Å². The summed E-state index contributed by atoms with van der Waals surface area (Å²) in [5, 5.41) is 12.9. The van der Waals surface area contributed by atoms with Crippen LogP contribution in [0.25, 0.3) is 21.7 Å². The molecule has 3 aromatic rings. The number of aromatic nitrogens is 1. The second kappa shape index (κ2) is 3.20. The molecular formula is C14H11NO. The minimum Gasteiger partial charge on any atom is -0.507 e. The zero-order valence-corrected chi connectivity index (χ0v) is 8.94. The molecule has 0 unspecified atom stereocenters. The lowest BCUT2D eigenvalue weighted by atomic mass is 10.0. The maximum absolute atomic E-state index is 10.0. The van der Waals surface area contributed by atoms with Crippen molar-refractivity contribution in [3.05, 3.63) is 48.2 Å². The molecule has 0 spiro atoms. The number of nitrogens with zero attached hydrogens (tertiary/aromatic N) is 1. The number of aromatic hydroxyl groups is 1. The second-order valence-corrected chi connectivity index (χ2v) is 4.02. The zero-order chi connectivity index (χ0) is 11.1. The molecule has 1 aromatic heterocycles. The maximum Gasteiger partial charge on any atom is 0.125 e. The Bertz CT molecular complexity index is 689. The van der Waals surface area contributed by atoms with E-state index in [1.807, 2.05) is 31.2 Å². The first-order valence-corrected chi connectivity index (χ1v) is 5.23. The van der Waals surface area contributed by atoms with E-state index in [9.17, 15) is 5.11 Å². The van der Waals surface area contributed by atoms with Crippen molar-refractivity contribution in [1.29, 1.82) is 0 Å². The summed E-state index contributed by atoms with van der Waals surface area (Å²) in [7, 11) is 0. The van der Waals surface area contributed by atoms with Crippen LogP contribution in [0.2, 0.25) is 0 Å². The highest BCUT2D eigenvalue weighted by atomic mass is 16.3. The van der Waals surface area contributed by atoms with E-state index in [0.29, 0.717) is 5.75 Å². The number of rotatable bonds is 0. The fourth-order valence-corrected chi connectivity index (χ4v) is 2.12. The van der Waals surface area contributed by atoms with Gasteiger partial charge in [0.05, 0.1) is 5.52 Å². The molecule has 0 bridgehead atoms. The van der Waals surface area contributed by atoms with Gasteiger partial charge < -0.3 is 5.11 Å². The molecular weight excluding hydrogens is 198 g/mol. The summed E-state index contributed by atoms with van der Waals surface area (Å²) in [5.74, 6) is 0.305. The van der Waals surface area contributed by atoms with Gasteiger partial charge in [-0.1, -0.05) is 24.3 Å². The lowest BCUT2D eigenvalue weighted by Crippen LogP contribution is -1.83. The summed E-state index contributed by atoms with van der Waals surface area (Å²) < 4.78 is 0. The highest BCUT2D eigenvalue weighted by Gasteiger charge is 2.06. The lowest BCUT2D eigenvalue weighted by molar-refractivity contribution is 0.481. The van der Waals surface area contributed by atoms with Gasteiger partial charge in [0.2, 0.25) is 0 Å². The van der Waals surface area contributed by atoms with Gasteiger partial charge in [-0.05, 0) is 30.0 Å². The van der Waals surface area contributed by atoms with Crippen molar-refractivity contribution in [2.45, 2.75) is 6.92 Å². The smallest absolute Gasteiger partial charge is 0.125 e. The summed E-state index contributed by atoms with van der Waals surface area (Å²) in [6.45, 7) is 1.97. The fourth-order valence-electron chi connectivity index (χ4n) is 2.12. The summed E-state index contributed by atoms with van der Waals surface area (Å²) in [6.07, 6.45) is 1.75. The SMILES string of the molecule is Cc1cc(O)c2c(ccc3cccnc32)c1. The Labute approximate surface area is 93.2 Å². The van der Waals surface area contributed by atoms with E-state index in [1.165, 1.54) is 0 Å². The Kier molecular flexibility index (Phi) is 1.83. The van der Waals surface area contributed by atoms with Crippen LogP contribution in [0.15, 0.2) is 42.6 Å². The molecule has 0 saturated heterocycles. The van der Waals surface area contributed by atoms with E-state index >= 15 is 0 Å². The van der Waals surface area contributed by atoms with Crippen molar-refractivity contribution in [3.8, 4) is 5.75 Å². The Hall–Kier alpha value is -2.09. The van der Waals surface area contributed by atoms with E-state index in [4.69, 9.17) is 0 Å². The third-order valence-corrected chi connectivity index (χ3v) is 2.81. The van der Waals surface area contributed by atoms with E-state index in [-0.39, 0.29) is 0 Å². The van der Waals surface area contributed by atoms with Crippen LogP contribution in [0.3, 0.4) is 0 Å². The first-order chi connectivity index (χ1) is 7.75. The predicted octanol–water partition coefficient (Wildman–Crippen LogP) is 3.40. The Morgan fingerprint density at radius 1 is 1.06 bits per heavy atom. The molecule has 0 radical (unpaired) electrons. The summed E-state index contributed by atoms with van der Waals surface area (Å²) in [6, 6.07) is 11.8. The third-order valence-electron chi connectivity index (χ3n) is 2.81. The predicted molar refractivity (Wildman–Crippen MR) is 65.7 cm³/mol. The molecule has 1 heterocycles. The van der Waals surface area contributed by atoms with Crippen molar-refractivity contribution in [2.75, 3.05) is 0 Å². The van der Waals surface area contributed by atoms with Crippen LogP contribution >= 0.6 is 0 Å². The first-order valence-electron chi connectivity index (χ1n) is 5.23. The van der Waals surface area contributed by atoms with E-state index in [2.05, 4.69) is 11.1 Å². The molecule has 2 nitrogen and oxygen atoms in total. The monoisotopic (exact) mass is 209 g/mol. The molecule has 1 N–H and O–H groups in total. The molecule has 16 heavy (non-hydrogen) atoms. The largest absolute Gasteiger partial charge is 0.507 e. The molecule has 0 aliphatic heterocycles. The van der Waals surface area contributed by atoms with Gasteiger partial charge in [0, 0.05) is 17.0 Å². The number of benzene rings is 2. The molecule has 0 saturated carbocycles. The van der Waals surface area contributed by atoms with Crippen LogP contribution in [0.4, 0.5) is 0 Å². The fraction of sp³-hybridized carbons (Fsp3) is 0.0714. The molecule has 2 heteroatoms. The average molecular weight is 209 g/mol. The highest BCUT2D eigenvalue weighted by molar-refractivity contribution is 6.08. The van der Waals surface area contributed by atoms with E-state index in [0.717, 1.165) is 27.2 Å². The van der Waals surface area contributed by atoms with Crippen molar-refractivity contribution in [3.63, 3.8) is 0 Å². The maximum atomic E-state index is 10.0. The third kappa shape index (κ3) is 1.23. The minimum absolute atomic E-state index is 0.305. The van der Waals surface area contributed by atoms with Gasteiger partial charge in [0.1, 0.15) is 5.75 Å². The Morgan fingerprint density at radius 2 is 1.88 bits per heavy atom. The molecule has 0 atom stereocenters. The Balaban J connectivity index is 2.60. The van der Waals surface area contributed by atoms with Crippen LogP contribution in [0.1, 0.15) is 5.56 Å². The standard InChI is InChI=1S/C14H11NO/c1-9-7-11-5-4-10-3-2-6-15-14(10)13(11)12(16)8-9/h2-8,16H,1H3. The number of pyridine rings is 1. The van der Waals surface area contributed by atoms with E-state index < -0.39 is 0 Å². The van der Waals surface area contributed by atoms with Crippen molar-refractivity contribution in [1.82, 2.24) is 4.98 Å². The van der Waals surface area contributed by atoms with Crippen molar-refractivity contribution >= 4 is 21.7 Å².